The number of carbonyl (C=O) groups excluding carboxylic acids is 3. The maximum Gasteiger partial charge on any atom is 0.227 e. The number of hydrogen-bond acceptors (Lipinski definition) is 4. The standard InChI is InChI=1S/C23H27N3O4/c1-16(2)24-22(28)15-17-7-9-18(10-8-17)25-21(27)11-12-23(29)26-13-14-30-20-6-4-3-5-19(20)26/h3-10,16H,11-15H2,1-2H3,(H,24,28)(H,25,27). The van der Waals surface area contributed by atoms with Gasteiger partial charge in [0, 0.05) is 24.6 Å². The molecule has 0 unspecified atom stereocenters. The van der Waals surface area contributed by atoms with Crippen molar-refractivity contribution in [1.82, 2.24) is 5.32 Å². The van der Waals surface area contributed by atoms with Crippen molar-refractivity contribution >= 4 is 29.1 Å². The quantitative estimate of drug-likeness (QED) is 0.736. The monoisotopic (exact) mass is 409 g/mol. The van der Waals surface area contributed by atoms with Crippen molar-refractivity contribution in [1.29, 1.82) is 0 Å². The second kappa shape index (κ2) is 9.91. The lowest BCUT2D eigenvalue weighted by molar-refractivity contribution is -0.122. The molecule has 30 heavy (non-hydrogen) atoms. The van der Waals surface area contributed by atoms with E-state index in [0.29, 0.717) is 31.0 Å². The number of anilines is 2. The summed E-state index contributed by atoms with van der Waals surface area (Å²) in [6.45, 7) is 4.75. The fraction of sp³-hybridized carbons (Fsp3) is 0.348. The van der Waals surface area contributed by atoms with Gasteiger partial charge in [-0.05, 0) is 43.7 Å². The fourth-order valence-electron chi connectivity index (χ4n) is 3.27. The Morgan fingerprint density at radius 1 is 1.00 bits per heavy atom. The molecule has 0 saturated heterocycles. The van der Waals surface area contributed by atoms with E-state index in [1.807, 2.05) is 50.2 Å². The molecule has 0 bridgehead atoms. The molecule has 3 amide bonds. The van der Waals surface area contributed by atoms with Crippen LogP contribution in [0.25, 0.3) is 0 Å². The molecule has 1 aliphatic rings. The fourth-order valence-corrected chi connectivity index (χ4v) is 3.27. The van der Waals surface area contributed by atoms with E-state index in [4.69, 9.17) is 4.74 Å². The zero-order valence-corrected chi connectivity index (χ0v) is 17.3. The van der Waals surface area contributed by atoms with Crippen molar-refractivity contribution in [2.24, 2.45) is 0 Å². The molecule has 1 heterocycles. The van der Waals surface area contributed by atoms with Gasteiger partial charge in [0.05, 0.1) is 18.7 Å². The number of nitrogens with zero attached hydrogens (tertiary/aromatic N) is 1. The smallest absolute Gasteiger partial charge is 0.227 e. The summed E-state index contributed by atoms with van der Waals surface area (Å²) >= 11 is 0. The van der Waals surface area contributed by atoms with Crippen LogP contribution in [-0.2, 0) is 20.8 Å². The molecule has 7 nitrogen and oxygen atoms in total. The number of rotatable bonds is 7. The van der Waals surface area contributed by atoms with Crippen molar-refractivity contribution in [3.05, 3.63) is 54.1 Å². The van der Waals surface area contributed by atoms with Gasteiger partial charge in [-0.2, -0.15) is 0 Å². The second-order valence-electron chi connectivity index (χ2n) is 7.51. The Labute approximate surface area is 176 Å². The molecule has 0 saturated carbocycles. The highest BCUT2D eigenvalue weighted by molar-refractivity contribution is 5.99. The number of para-hydroxylation sites is 2. The van der Waals surface area contributed by atoms with Crippen LogP contribution in [0.5, 0.6) is 5.75 Å². The highest BCUT2D eigenvalue weighted by Crippen LogP contribution is 2.31. The highest BCUT2D eigenvalue weighted by Gasteiger charge is 2.23. The van der Waals surface area contributed by atoms with Crippen molar-refractivity contribution in [2.45, 2.75) is 39.2 Å². The maximum absolute atomic E-state index is 12.6. The molecule has 0 fully saturated rings. The average molecular weight is 409 g/mol. The number of amides is 3. The first-order valence-electron chi connectivity index (χ1n) is 10.1. The van der Waals surface area contributed by atoms with Crippen molar-refractivity contribution < 1.29 is 19.1 Å². The van der Waals surface area contributed by atoms with E-state index < -0.39 is 0 Å². The van der Waals surface area contributed by atoms with Gasteiger partial charge in [0.25, 0.3) is 0 Å². The zero-order valence-electron chi connectivity index (χ0n) is 17.3. The van der Waals surface area contributed by atoms with Crippen LogP contribution in [0.2, 0.25) is 0 Å². The number of hydrogen-bond donors (Lipinski definition) is 2. The Morgan fingerprint density at radius 3 is 2.47 bits per heavy atom. The van der Waals surface area contributed by atoms with E-state index in [-0.39, 0.29) is 36.6 Å². The van der Waals surface area contributed by atoms with Crippen molar-refractivity contribution in [3.8, 4) is 5.75 Å². The van der Waals surface area contributed by atoms with Crippen LogP contribution >= 0.6 is 0 Å². The lowest BCUT2D eigenvalue weighted by Gasteiger charge is -2.29. The number of ether oxygens (including phenoxy) is 1. The third kappa shape index (κ3) is 5.83. The van der Waals surface area contributed by atoms with Crippen molar-refractivity contribution in [3.63, 3.8) is 0 Å². The Kier molecular flexibility index (Phi) is 7.06. The van der Waals surface area contributed by atoms with Crippen LogP contribution in [0, 0.1) is 0 Å². The molecule has 2 N–H and O–H groups in total. The summed E-state index contributed by atoms with van der Waals surface area (Å²) in [5.74, 6) is 0.316. The summed E-state index contributed by atoms with van der Waals surface area (Å²) < 4.78 is 5.56. The van der Waals surface area contributed by atoms with Crippen LogP contribution in [0.3, 0.4) is 0 Å². The first-order chi connectivity index (χ1) is 14.4. The summed E-state index contributed by atoms with van der Waals surface area (Å²) in [5, 5.41) is 5.64. The minimum absolute atomic E-state index is 0.0371. The van der Waals surface area contributed by atoms with E-state index in [9.17, 15) is 14.4 Å². The molecule has 1 aliphatic heterocycles. The molecule has 2 aromatic carbocycles. The summed E-state index contributed by atoms with van der Waals surface area (Å²) in [5.41, 5.74) is 2.25. The molecular weight excluding hydrogens is 382 g/mol. The number of benzene rings is 2. The predicted molar refractivity (Wildman–Crippen MR) is 116 cm³/mol. The van der Waals surface area contributed by atoms with Gasteiger partial charge in [-0.25, -0.2) is 0 Å². The van der Waals surface area contributed by atoms with Gasteiger partial charge in [-0.15, -0.1) is 0 Å². The Bertz CT molecular complexity index is 909. The Morgan fingerprint density at radius 2 is 1.73 bits per heavy atom. The zero-order chi connectivity index (χ0) is 21.5. The number of carbonyl (C=O) groups is 3. The molecule has 2 aromatic rings. The lowest BCUT2D eigenvalue weighted by atomic mass is 10.1. The molecule has 7 heteroatoms. The predicted octanol–water partition coefficient (Wildman–Crippen LogP) is 2.90. The third-order valence-corrected chi connectivity index (χ3v) is 4.65. The van der Waals surface area contributed by atoms with Gasteiger partial charge in [-0.3, -0.25) is 14.4 Å². The summed E-state index contributed by atoms with van der Waals surface area (Å²) in [7, 11) is 0. The maximum atomic E-state index is 12.6. The first-order valence-corrected chi connectivity index (χ1v) is 10.1. The van der Waals surface area contributed by atoms with E-state index in [0.717, 1.165) is 11.3 Å². The van der Waals surface area contributed by atoms with E-state index >= 15 is 0 Å². The second-order valence-corrected chi connectivity index (χ2v) is 7.51. The van der Waals surface area contributed by atoms with Crippen LogP contribution in [-0.4, -0.2) is 36.9 Å². The lowest BCUT2D eigenvalue weighted by Crippen LogP contribution is -2.38. The van der Waals surface area contributed by atoms with E-state index in [1.165, 1.54) is 0 Å². The van der Waals surface area contributed by atoms with Gasteiger partial charge >= 0.3 is 0 Å². The average Bonchev–Trinajstić information content (AvgIpc) is 2.72. The molecule has 0 aliphatic carbocycles. The number of nitrogens with one attached hydrogen (secondary N) is 2. The largest absolute Gasteiger partial charge is 0.490 e. The van der Waals surface area contributed by atoms with Crippen molar-refractivity contribution in [2.75, 3.05) is 23.4 Å². The van der Waals surface area contributed by atoms with Crippen LogP contribution in [0.4, 0.5) is 11.4 Å². The van der Waals surface area contributed by atoms with E-state index in [2.05, 4.69) is 10.6 Å². The molecule has 0 radical (unpaired) electrons. The Hall–Kier alpha value is -3.35. The molecule has 0 spiro atoms. The summed E-state index contributed by atoms with van der Waals surface area (Å²) in [4.78, 5) is 38.3. The normalized spacial score (nSPS) is 12.7. The van der Waals surface area contributed by atoms with E-state index in [1.54, 1.807) is 17.0 Å². The minimum Gasteiger partial charge on any atom is -0.490 e. The third-order valence-electron chi connectivity index (χ3n) is 4.65. The van der Waals surface area contributed by atoms with Crippen LogP contribution < -0.4 is 20.3 Å². The molecule has 0 atom stereocenters. The minimum atomic E-state index is -0.227. The Balaban J connectivity index is 1.48. The van der Waals surface area contributed by atoms with Crippen LogP contribution in [0.15, 0.2) is 48.5 Å². The van der Waals surface area contributed by atoms with Crippen LogP contribution in [0.1, 0.15) is 32.3 Å². The molecule has 3 rings (SSSR count). The van der Waals surface area contributed by atoms with Gasteiger partial charge in [0.15, 0.2) is 0 Å². The van der Waals surface area contributed by atoms with Gasteiger partial charge in [0.2, 0.25) is 17.7 Å². The SMILES string of the molecule is CC(C)NC(=O)Cc1ccc(NC(=O)CCC(=O)N2CCOc3ccccc32)cc1. The number of fused-ring (bicyclic) bond motifs is 1. The molecule has 0 aromatic heterocycles. The van der Waals surface area contributed by atoms with Gasteiger partial charge < -0.3 is 20.3 Å². The highest BCUT2D eigenvalue weighted by atomic mass is 16.5. The first kappa shape index (κ1) is 21.4. The topological polar surface area (TPSA) is 87.7 Å². The van der Waals surface area contributed by atoms with Gasteiger partial charge in [0.1, 0.15) is 12.4 Å². The molecular formula is C23H27N3O4. The molecule has 158 valence electrons. The summed E-state index contributed by atoms with van der Waals surface area (Å²) in [6, 6.07) is 14.6. The van der Waals surface area contributed by atoms with Gasteiger partial charge in [-0.1, -0.05) is 24.3 Å². The summed E-state index contributed by atoms with van der Waals surface area (Å²) in [6.07, 6.45) is 0.506.